The minimum absolute atomic E-state index is 0.102. The Hall–Kier alpha value is -1.58. The van der Waals surface area contributed by atoms with Gasteiger partial charge >= 0.3 is 0 Å². The molecule has 0 radical (unpaired) electrons. The summed E-state index contributed by atoms with van der Waals surface area (Å²) in [5, 5.41) is 3.07. The van der Waals surface area contributed by atoms with Gasteiger partial charge in [-0.15, -0.1) is 0 Å². The van der Waals surface area contributed by atoms with Gasteiger partial charge in [-0.25, -0.2) is 4.98 Å². The molecule has 0 bridgehead atoms. The molecule has 4 nitrogen and oxygen atoms in total. The molecular weight excluding hydrogens is 214 g/mol. The van der Waals surface area contributed by atoms with Crippen LogP contribution in [0.15, 0.2) is 18.3 Å². The highest BCUT2D eigenvalue weighted by atomic mass is 16.1. The number of anilines is 1. The molecule has 1 aliphatic carbocycles. The molecule has 92 valence electrons. The van der Waals surface area contributed by atoms with Crippen LogP contribution in [0.4, 0.5) is 5.82 Å². The van der Waals surface area contributed by atoms with Crippen LogP contribution >= 0.6 is 0 Å². The van der Waals surface area contributed by atoms with E-state index in [2.05, 4.69) is 17.2 Å². The van der Waals surface area contributed by atoms with Gasteiger partial charge in [0.15, 0.2) is 0 Å². The predicted octanol–water partition coefficient (Wildman–Crippen LogP) is 1.97. The largest absolute Gasteiger partial charge is 0.383 e. The number of nitrogen functional groups attached to an aromatic ring is 1. The lowest BCUT2D eigenvalue weighted by molar-refractivity contribution is 0.0911. The minimum atomic E-state index is -0.102. The number of nitrogens with one attached hydrogen (secondary N) is 1. The maximum absolute atomic E-state index is 12.0. The van der Waals surface area contributed by atoms with Gasteiger partial charge in [-0.3, -0.25) is 4.79 Å². The number of carbonyl (C=O) groups excluding carboxylic acids is 1. The highest BCUT2D eigenvalue weighted by Gasteiger charge is 2.23. The van der Waals surface area contributed by atoms with Gasteiger partial charge in [0.1, 0.15) is 5.82 Å². The van der Waals surface area contributed by atoms with Gasteiger partial charge in [0, 0.05) is 12.2 Å². The number of pyridine rings is 1. The lowest BCUT2D eigenvalue weighted by atomic mass is 9.86. The van der Waals surface area contributed by atoms with Crippen molar-refractivity contribution in [3.8, 4) is 0 Å². The van der Waals surface area contributed by atoms with Gasteiger partial charge < -0.3 is 11.1 Å². The molecule has 1 fully saturated rings. The molecule has 3 N–H and O–H groups in total. The number of nitrogens with two attached hydrogens (primary N) is 1. The smallest absolute Gasteiger partial charge is 0.255 e. The zero-order valence-electron chi connectivity index (χ0n) is 10.1. The fourth-order valence-corrected chi connectivity index (χ4v) is 2.39. The number of carbonyl (C=O) groups is 1. The summed E-state index contributed by atoms with van der Waals surface area (Å²) >= 11 is 0. The van der Waals surface area contributed by atoms with Crippen molar-refractivity contribution in [2.75, 3.05) is 5.73 Å². The van der Waals surface area contributed by atoms with Crippen LogP contribution in [-0.2, 0) is 0 Å². The molecule has 1 aromatic heterocycles. The Morgan fingerprint density at radius 1 is 1.47 bits per heavy atom. The summed E-state index contributed by atoms with van der Waals surface area (Å²) in [4.78, 5) is 16.0. The number of aromatic nitrogens is 1. The Morgan fingerprint density at radius 2 is 2.24 bits per heavy atom. The minimum Gasteiger partial charge on any atom is -0.383 e. The molecule has 1 saturated carbocycles. The summed E-state index contributed by atoms with van der Waals surface area (Å²) < 4.78 is 0. The predicted molar refractivity (Wildman–Crippen MR) is 67.5 cm³/mol. The molecule has 0 saturated heterocycles. The molecule has 0 aromatic carbocycles. The van der Waals surface area contributed by atoms with Crippen molar-refractivity contribution in [1.29, 1.82) is 0 Å². The van der Waals surface area contributed by atoms with Crippen molar-refractivity contribution >= 4 is 11.7 Å². The van der Waals surface area contributed by atoms with Crippen LogP contribution in [0.3, 0.4) is 0 Å². The van der Waals surface area contributed by atoms with E-state index in [4.69, 9.17) is 5.73 Å². The first-order valence-electron chi connectivity index (χ1n) is 6.20. The highest BCUT2D eigenvalue weighted by molar-refractivity contribution is 5.98. The third-order valence-corrected chi connectivity index (χ3v) is 3.51. The second kappa shape index (κ2) is 5.17. The van der Waals surface area contributed by atoms with Crippen molar-refractivity contribution in [2.45, 2.75) is 38.6 Å². The summed E-state index contributed by atoms with van der Waals surface area (Å²) in [6.45, 7) is 2.19. The van der Waals surface area contributed by atoms with E-state index in [1.807, 2.05) is 0 Å². The van der Waals surface area contributed by atoms with Crippen molar-refractivity contribution < 1.29 is 4.79 Å². The first-order valence-corrected chi connectivity index (χ1v) is 6.20. The Morgan fingerprint density at radius 3 is 2.94 bits per heavy atom. The van der Waals surface area contributed by atoms with E-state index in [1.165, 1.54) is 19.3 Å². The Balaban J connectivity index is 2.04. The van der Waals surface area contributed by atoms with Crippen molar-refractivity contribution in [2.24, 2.45) is 5.92 Å². The Labute approximate surface area is 102 Å². The van der Waals surface area contributed by atoms with Crippen LogP contribution in [0.2, 0.25) is 0 Å². The van der Waals surface area contributed by atoms with Gasteiger partial charge in [-0.1, -0.05) is 19.8 Å². The normalized spacial score (nSPS) is 24.3. The van der Waals surface area contributed by atoms with Gasteiger partial charge in [0.2, 0.25) is 0 Å². The van der Waals surface area contributed by atoms with E-state index < -0.39 is 0 Å². The fourth-order valence-electron chi connectivity index (χ4n) is 2.39. The maximum atomic E-state index is 12.0. The van der Waals surface area contributed by atoms with Crippen LogP contribution < -0.4 is 11.1 Å². The van der Waals surface area contributed by atoms with E-state index in [1.54, 1.807) is 18.3 Å². The molecule has 1 aliphatic rings. The number of hydrogen-bond acceptors (Lipinski definition) is 3. The molecule has 17 heavy (non-hydrogen) atoms. The third-order valence-electron chi connectivity index (χ3n) is 3.51. The SMILES string of the molecule is C[C@@H]1CCCC[C@@H]1NC(=O)c1cccnc1N. The third kappa shape index (κ3) is 2.75. The molecule has 1 heterocycles. The second-order valence-corrected chi connectivity index (χ2v) is 4.78. The van der Waals surface area contributed by atoms with Crippen LogP contribution in [0.5, 0.6) is 0 Å². The Kier molecular flexibility index (Phi) is 3.61. The monoisotopic (exact) mass is 233 g/mol. The van der Waals surface area contributed by atoms with Gasteiger partial charge in [-0.2, -0.15) is 0 Å². The lowest BCUT2D eigenvalue weighted by Gasteiger charge is -2.29. The molecule has 1 aromatic rings. The standard InChI is InChI=1S/C13H19N3O/c1-9-5-2-3-7-11(9)16-13(17)10-6-4-8-15-12(10)14/h4,6,8-9,11H,2-3,5,7H2,1H3,(H2,14,15)(H,16,17)/t9-,11+/m1/s1. The van der Waals surface area contributed by atoms with Crippen LogP contribution in [0.25, 0.3) is 0 Å². The van der Waals surface area contributed by atoms with Crippen molar-refractivity contribution in [1.82, 2.24) is 10.3 Å². The van der Waals surface area contributed by atoms with Gasteiger partial charge in [-0.05, 0) is 30.9 Å². The summed E-state index contributed by atoms with van der Waals surface area (Å²) in [5.74, 6) is 0.744. The molecule has 0 unspecified atom stereocenters. The summed E-state index contributed by atoms with van der Waals surface area (Å²) in [7, 11) is 0. The van der Waals surface area contributed by atoms with E-state index in [0.29, 0.717) is 17.3 Å². The summed E-state index contributed by atoms with van der Waals surface area (Å²) in [6.07, 6.45) is 6.30. The number of amides is 1. The molecule has 1 amide bonds. The van der Waals surface area contributed by atoms with E-state index in [0.717, 1.165) is 6.42 Å². The molecule has 4 heteroatoms. The number of rotatable bonds is 2. The average molecular weight is 233 g/mol. The van der Waals surface area contributed by atoms with Gasteiger partial charge in [0.05, 0.1) is 5.56 Å². The number of nitrogens with zero attached hydrogens (tertiary/aromatic N) is 1. The van der Waals surface area contributed by atoms with E-state index in [9.17, 15) is 4.79 Å². The quantitative estimate of drug-likeness (QED) is 0.820. The van der Waals surface area contributed by atoms with E-state index in [-0.39, 0.29) is 11.9 Å². The Bertz CT molecular complexity index is 405. The first kappa shape index (κ1) is 11.9. The lowest BCUT2D eigenvalue weighted by Crippen LogP contribution is -2.41. The molecule has 0 spiro atoms. The fraction of sp³-hybridized carbons (Fsp3) is 0.538. The van der Waals surface area contributed by atoms with Crippen LogP contribution in [0.1, 0.15) is 43.0 Å². The average Bonchev–Trinajstić information content (AvgIpc) is 2.32. The van der Waals surface area contributed by atoms with Crippen molar-refractivity contribution in [3.63, 3.8) is 0 Å². The summed E-state index contributed by atoms with van der Waals surface area (Å²) in [6, 6.07) is 3.72. The maximum Gasteiger partial charge on any atom is 0.255 e. The zero-order chi connectivity index (χ0) is 12.3. The van der Waals surface area contributed by atoms with E-state index >= 15 is 0 Å². The topological polar surface area (TPSA) is 68.0 Å². The van der Waals surface area contributed by atoms with Crippen LogP contribution in [-0.4, -0.2) is 16.9 Å². The molecular formula is C13H19N3O. The summed E-state index contributed by atoms with van der Waals surface area (Å²) in [5.41, 5.74) is 6.17. The number of hydrogen-bond donors (Lipinski definition) is 2. The van der Waals surface area contributed by atoms with Crippen molar-refractivity contribution in [3.05, 3.63) is 23.9 Å². The molecule has 0 aliphatic heterocycles. The molecule has 2 atom stereocenters. The van der Waals surface area contributed by atoms with Crippen LogP contribution in [0, 0.1) is 5.92 Å². The second-order valence-electron chi connectivity index (χ2n) is 4.78. The first-order chi connectivity index (χ1) is 8.18. The highest BCUT2D eigenvalue weighted by Crippen LogP contribution is 2.24. The molecule has 2 rings (SSSR count). The van der Waals surface area contributed by atoms with Gasteiger partial charge in [0.25, 0.3) is 5.91 Å². The zero-order valence-corrected chi connectivity index (χ0v) is 10.1.